The van der Waals surface area contributed by atoms with E-state index in [0.29, 0.717) is 11.1 Å². The Morgan fingerprint density at radius 2 is 1.45 bits per heavy atom. The van der Waals surface area contributed by atoms with Crippen LogP contribution in [0.4, 0.5) is 0 Å². The van der Waals surface area contributed by atoms with Crippen LogP contribution >= 0.6 is 0 Å². The molecule has 0 saturated heterocycles. The van der Waals surface area contributed by atoms with Crippen molar-refractivity contribution < 1.29 is 13.2 Å². The number of ketones is 1. The molecule has 0 atom stereocenters. The van der Waals surface area contributed by atoms with Gasteiger partial charge in [0.2, 0.25) is 10.0 Å². The first kappa shape index (κ1) is 16.4. The van der Waals surface area contributed by atoms with Gasteiger partial charge in [-0.15, -0.1) is 0 Å². The zero-order chi connectivity index (χ0) is 16.2. The Labute approximate surface area is 131 Å². The van der Waals surface area contributed by atoms with Gasteiger partial charge in [-0.2, -0.15) is 0 Å². The lowest BCUT2D eigenvalue weighted by molar-refractivity contribution is 0.0901. The summed E-state index contributed by atoms with van der Waals surface area (Å²) in [4.78, 5) is 12.5. The number of carbonyl (C=O) groups excluding carboxylic acids is 1. The van der Waals surface area contributed by atoms with Crippen molar-refractivity contribution in [1.29, 1.82) is 0 Å². The Hall–Kier alpha value is -1.98. The van der Waals surface area contributed by atoms with Crippen LogP contribution < -0.4 is 4.72 Å². The Bertz CT molecular complexity index is 738. The average Bonchev–Trinajstić information content (AvgIpc) is 2.46. The topological polar surface area (TPSA) is 63.2 Å². The first-order chi connectivity index (χ1) is 10.3. The minimum Gasteiger partial charge on any atom is -0.292 e. The molecule has 0 fully saturated rings. The van der Waals surface area contributed by atoms with E-state index in [1.165, 1.54) is 0 Å². The molecule has 0 aliphatic heterocycles. The van der Waals surface area contributed by atoms with Crippen LogP contribution in [0.5, 0.6) is 0 Å². The molecule has 0 bridgehead atoms. The van der Waals surface area contributed by atoms with Crippen molar-refractivity contribution in [3.8, 4) is 0 Å². The summed E-state index contributed by atoms with van der Waals surface area (Å²) >= 11 is 0. The number of hydrogen-bond acceptors (Lipinski definition) is 3. The maximum atomic E-state index is 12.5. The molecule has 1 N–H and O–H groups in total. The molecule has 2 aromatic carbocycles. The van der Waals surface area contributed by atoms with Crippen LogP contribution in [0, 0.1) is 0 Å². The molecule has 0 heterocycles. The van der Waals surface area contributed by atoms with Gasteiger partial charge in [0.25, 0.3) is 0 Å². The van der Waals surface area contributed by atoms with E-state index in [0.717, 1.165) is 0 Å². The van der Waals surface area contributed by atoms with Crippen LogP contribution in [0.3, 0.4) is 0 Å². The van der Waals surface area contributed by atoms with Crippen molar-refractivity contribution in [3.63, 3.8) is 0 Å². The van der Waals surface area contributed by atoms with Crippen LogP contribution in [0.15, 0.2) is 60.7 Å². The molecule has 0 saturated carbocycles. The van der Waals surface area contributed by atoms with Crippen molar-refractivity contribution in [2.75, 3.05) is 0 Å². The predicted molar refractivity (Wildman–Crippen MR) is 87.1 cm³/mol. The molecule has 0 spiro atoms. The van der Waals surface area contributed by atoms with Crippen molar-refractivity contribution in [1.82, 2.24) is 4.72 Å². The lowest BCUT2D eigenvalue weighted by Crippen LogP contribution is -2.49. The molecule has 0 aliphatic rings. The fraction of sp³-hybridized carbons (Fsp3) is 0.235. The van der Waals surface area contributed by atoms with Gasteiger partial charge in [-0.1, -0.05) is 60.7 Å². The van der Waals surface area contributed by atoms with Crippen molar-refractivity contribution in [2.24, 2.45) is 0 Å². The fourth-order valence-corrected chi connectivity index (χ4v) is 3.79. The van der Waals surface area contributed by atoms with Crippen LogP contribution in [0.1, 0.15) is 29.8 Å². The second kappa shape index (κ2) is 6.42. The number of rotatable bonds is 6. The highest BCUT2D eigenvalue weighted by Gasteiger charge is 2.33. The molecule has 0 radical (unpaired) electrons. The first-order valence-corrected chi connectivity index (χ1v) is 8.61. The highest BCUT2D eigenvalue weighted by Crippen LogP contribution is 2.15. The quantitative estimate of drug-likeness (QED) is 0.833. The lowest BCUT2D eigenvalue weighted by Gasteiger charge is -2.24. The van der Waals surface area contributed by atoms with E-state index in [2.05, 4.69) is 4.72 Å². The van der Waals surface area contributed by atoms with Gasteiger partial charge in [0.15, 0.2) is 5.78 Å². The summed E-state index contributed by atoms with van der Waals surface area (Å²) in [5, 5.41) is 0. The third-order valence-corrected chi connectivity index (χ3v) is 4.75. The number of hydrogen-bond donors (Lipinski definition) is 1. The minimum atomic E-state index is -3.62. The maximum Gasteiger partial charge on any atom is 0.216 e. The standard InChI is InChI=1S/C17H19NO3S/c1-17(2,16(19)15-11-7-4-8-12-15)18-22(20,21)13-14-9-5-3-6-10-14/h3-12,18H,13H2,1-2H3. The van der Waals surface area contributed by atoms with Gasteiger partial charge in [0.1, 0.15) is 0 Å². The summed E-state index contributed by atoms with van der Waals surface area (Å²) in [5.41, 5.74) is -0.0394. The van der Waals surface area contributed by atoms with Gasteiger partial charge in [0.05, 0.1) is 11.3 Å². The van der Waals surface area contributed by atoms with E-state index in [4.69, 9.17) is 0 Å². The second-order valence-electron chi connectivity index (χ2n) is 5.67. The van der Waals surface area contributed by atoms with Crippen molar-refractivity contribution in [2.45, 2.75) is 25.1 Å². The van der Waals surface area contributed by atoms with Gasteiger partial charge in [-0.25, -0.2) is 13.1 Å². The third-order valence-electron chi connectivity index (χ3n) is 3.21. The Morgan fingerprint density at radius 1 is 0.955 bits per heavy atom. The summed E-state index contributed by atoms with van der Waals surface area (Å²) in [6.07, 6.45) is 0. The zero-order valence-electron chi connectivity index (χ0n) is 12.6. The summed E-state index contributed by atoms with van der Waals surface area (Å²) in [7, 11) is -3.62. The fourth-order valence-electron chi connectivity index (χ4n) is 2.22. The Kier molecular flexibility index (Phi) is 4.78. The van der Waals surface area contributed by atoms with Gasteiger partial charge >= 0.3 is 0 Å². The van der Waals surface area contributed by atoms with Crippen LogP contribution in [0.2, 0.25) is 0 Å². The molecule has 0 aromatic heterocycles. The van der Waals surface area contributed by atoms with Crippen LogP contribution in [-0.4, -0.2) is 19.7 Å². The molecular weight excluding hydrogens is 298 g/mol. The molecule has 5 heteroatoms. The van der Waals surface area contributed by atoms with Crippen molar-refractivity contribution >= 4 is 15.8 Å². The summed E-state index contributed by atoms with van der Waals surface area (Å²) in [6, 6.07) is 17.5. The van der Waals surface area contributed by atoms with E-state index in [1.54, 1.807) is 62.4 Å². The van der Waals surface area contributed by atoms with Gasteiger partial charge in [0, 0.05) is 5.56 Å². The number of Topliss-reactive ketones (excluding diaryl/α,β-unsaturated/α-hetero) is 1. The number of sulfonamides is 1. The largest absolute Gasteiger partial charge is 0.292 e. The molecule has 0 unspecified atom stereocenters. The zero-order valence-corrected chi connectivity index (χ0v) is 13.4. The van der Waals surface area contributed by atoms with Crippen LogP contribution in [0.25, 0.3) is 0 Å². The smallest absolute Gasteiger partial charge is 0.216 e. The first-order valence-electron chi connectivity index (χ1n) is 6.96. The number of nitrogens with one attached hydrogen (secondary N) is 1. The SMILES string of the molecule is CC(C)(NS(=O)(=O)Cc1ccccc1)C(=O)c1ccccc1. The van der Waals surface area contributed by atoms with E-state index < -0.39 is 15.6 Å². The van der Waals surface area contributed by atoms with E-state index in [-0.39, 0.29) is 11.5 Å². The number of benzene rings is 2. The van der Waals surface area contributed by atoms with Gasteiger partial charge in [-0.3, -0.25) is 4.79 Å². The van der Waals surface area contributed by atoms with E-state index >= 15 is 0 Å². The van der Waals surface area contributed by atoms with Crippen molar-refractivity contribution in [3.05, 3.63) is 71.8 Å². The van der Waals surface area contributed by atoms with Crippen LogP contribution in [-0.2, 0) is 15.8 Å². The third kappa shape index (κ3) is 4.26. The van der Waals surface area contributed by atoms with Gasteiger partial charge < -0.3 is 0 Å². The maximum absolute atomic E-state index is 12.5. The molecule has 4 nitrogen and oxygen atoms in total. The van der Waals surface area contributed by atoms with Gasteiger partial charge in [-0.05, 0) is 19.4 Å². The molecule has 0 aliphatic carbocycles. The molecule has 2 rings (SSSR count). The molecule has 22 heavy (non-hydrogen) atoms. The molecule has 0 amide bonds. The number of carbonyl (C=O) groups is 1. The normalized spacial score (nSPS) is 12.1. The molecule has 116 valence electrons. The van der Waals surface area contributed by atoms with E-state index in [1.807, 2.05) is 12.1 Å². The Balaban J connectivity index is 2.15. The summed E-state index contributed by atoms with van der Waals surface area (Å²) in [5.74, 6) is -0.413. The monoisotopic (exact) mass is 317 g/mol. The average molecular weight is 317 g/mol. The predicted octanol–water partition coefficient (Wildman–Crippen LogP) is 2.77. The Morgan fingerprint density at radius 3 is 2.00 bits per heavy atom. The highest BCUT2D eigenvalue weighted by atomic mass is 32.2. The van der Waals surface area contributed by atoms with E-state index in [9.17, 15) is 13.2 Å². The molecule has 2 aromatic rings. The highest BCUT2D eigenvalue weighted by molar-refractivity contribution is 7.88. The second-order valence-corrected chi connectivity index (χ2v) is 7.39. The molecular formula is C17H19NO3S. The summed E-state index contributed by atoms with van der Waals surface area (Å²) < 4.78 is 27.1. The lowest BCUT2D eigenvalue weighted by atomic mass is 9.94. The minimum absolute atomic E-state index is 0.153. The summed E-state index contributed by atoms with van der Waals surface area (Å²) in [6.45, 7) is 3.15.